The van der Waals surface area contributed by atoms with Crippen LogP contribution in [0.4, 0.5) is 0 Å². The van der Waals surface area contributed by atoms with E-state index in [2.05, 4.69) is 101 Å². The fourth-order valence-corrected chi connectivity index (χ4v) is 5.21. The van der Waals surface area contributed by atoms with Gasteiger partial charge in [0.25, 0.3) is 0 Å². The molecule has 260 valence electrons. The van der Waals surface area contributed by atoms with Gasteiger partial charge in [-0.2, -0.15) is 0 Å². The molecule has 6 heteroatoms. The molecule has 0 aromatic heterocycles. The van der Waals surface area contributed by atoms with Gasteiger partial charge in [0.15, 0.2) is 0 Å². The first-order valence-corrected chi connectivity index (χ1v) is 18.6. The van der Waals surface area contributed by atoms with Gasteiger partial charge in [0.1, 0.15) is 0 Å². The number of likely N-dealkylation sites (N-methyl/N-ethyl adjacent to an activating group) is 1. The molecular formula is C37H81N5O. The smallest absolute Gasteiger partial charge is 0.0594 e. The second kappa shape index (κ2) is 28.0. The van der Waals surface area contributed by atoms with Gasteiger partial charge < -0.3 is 24.3 Å². The van der Waals surface area contributed by atoms with Gasteiger partial charge in [-0.3, -0.25) is 4.90 Å². The van der Waals surface area contributed by atoms with E-state index in [1.807, 2.05) is 0 Å². The molecule has 0 amide bonds. The topological polar surface area (TPSA) is 25.4 Å². The lowest BCUT2D eigenvalue weighted by Crippen LogP contribution is -2.44. The summed E-state index contributed by atoms with van der Waals surface area (Å²) in [5.41, 5.74) is 0. The molecule has 3 saturated heterocycles. The van der Waals surface area contributed by atoms with Crippen molar-refractivity contribution in [1.29, 1.82) is 0 Å². The zero-order valence-electron chi connectivity index (χ0n) is 31.5. The normalized spacial score (nSPS) is 19.0. The van der Waals surface area contributed by atoms with E-state index < -0.39 is 0 Å². The Bertz CT molecular complexity index is 551. The average molecular weight is 612 g/mol. The molecule has 0 atom stereocenters. The van der Waals surface area contributed by atoms with Crippen molar-refractivity contribution in [1.82, 2.24) is 24.5 Å². The molecule has 43 heavy (non-hydrogen) atoms. The predicted molar refractivity (Wildman–Crippen MR) is 192 cm³/mol. The first-order chi connectivity index (χ1) is 20.5. The van der Waals surface area contributed by atoms with E-state index in [1.165, 1.54) is 117 Å². The summed E-state index contributed by atoms with van der Waals surface area (Å²) in [6, 6.07) is 0. The number of ether oxygens (including phenoxy) is 1. The molecule has 3 fully saturated rings. The number of hydrogen-bond donors (Lipinski definition) is 0. The summed E-state index contributed by atoms with van der Waals surface area (Å²) >= 11 is 0. The third kappa shape index (κ3) is 27.8. The number of hydrogen-bond acceptors (Lipinski definition) is 6. The molecule has 3 aliphatic heterocycles. The maximum absolute atomic E-state index is 5.26. The van der Waals surface area contributed by atoms with E-state index in [9.17, 15) is 0 Å². The van der Waals surface area contributed by atoms with Gasteiger partial charge in [-0.05, 0) is 122 Å². The maximum Gasteiger partial charge on any atom is 0.0594 e. The highest BCUT2D eigenvalue weighted by Crippen LogP contribution is 2.10. The van der Waals surface area contributed by atoms with Crippen molar-refractivity contribution in [3.05, 3.63) is 0 Å². The Morgan fingerprint density at radius 3 is 1.26 bits per heavy atom. The Hall–Kier alpha value is -0.240. The Balaban J connectivity index is 0.000000549. The second-order valence-electron chi connectivity index (χ2n) is 14.9. The molecule has 0 bridgehead atoms. The van der Waals surface area contributed by atoms with Crippen molar-refractivity contribution >= 4 is 0 Å². The Morgan fingerprint density at radius 1 is 0.512 bits per heavy atom. The van der Waals surface area contributed by atoms with E-state index in [1.54, 1.807) is 0 Å². The van der Waals surface area contributed by atoms with Crippen LogP contribution in [-0.2, 0) is 4.74 Å². The van der Waals surface area contributed by atoms with Crippen LogP contribution >= 0.6 is 0 Å². The lowest BCUT2D eigenvalue weighted by molar-refractivity contribution is 0.0360. The number of rotatable bonds is 14. The first kappa shape index (κ1) is 42.8. The maximum atomic E-state index is 5.26. The Kier molecular flexibility index (Phi) is 27.9. The lowest BCUT2D eigenvalue weighted by atomic mass is 10.1. The van der Waals surface area contributed by atoms with Gasteiger partial charge in [-0.1, -0.05) is 69.2 Å². The molecule has 0 aromatic carbocycles. The van der Waals surface area contributed by atoms with E-state index in [0.717, 1.165) is 50.0 Å². The van der Waals surface area contributed by atoms with Crippen LogP contribution in [0, 0.1) is 23.7 Å². The monoisotopic (exact) mass is 612 g/mol. The highest BCUT2D eigenvalue weighted by atomic mass is 16.5. The van der Waals surface area contributed by atoms with Crippen LogP contribution in [0.2, 0.25) is 0 Å². The van der Waals surface area contributed by atoms with Crippen LogP contribution in [0.3, 0.4) is 0 Å². The highest BCUT2D eigenvalue weighted by Gasteiger charge is 2.13. The van der Waals surface area contributed by atoms with Crippen LogP contribution in [0.5, 0.6) is 0 Å². The van der Waals surface area contributed by atoms with Crippen molar-refractivity contribution in [2.45, 2.75) is 108 Å². The molecule has 0 aliphatic carbocycles. The largest absolute Gasteiger partial charge is 0.379 e. The molecule has 6 nitrogen and oxygen atoms in total. The molecule has 0 N–H and O–H groups in total. The number of likely N-dealkylation sites (tertiary alicyclic amines) is 1. The standard InChI is InChI=1S/C10H22N2.C9H19NO.C9H19N.C9H21N/c1-10(2)4-5-12-8-6-11(3)7-9-12;1-9(2)3-4-10-5-7-11-8-6-10;1-9(2)5-8-10-6-3-4-7-10;1-5-10(6-2)8-7-9(3)4/h10H,4-9H2,1-3H3;9H,3-8H2,1-2H3;9H,3-8H2,1-2H3;9H,5-8H2,1-4H3. The number of morpholine rings is 1. The van der Waals surface area contributed by atoms with Gasteiger partial charge in [0.2, 0.25) is 0 Å². The van der Waals surface area contributed by atoms with Crippen LogP contribution in [0.25, 0.3) is 0 Å². The zero-order chi connectivity index (χ0) is 32.5. The molecule has 0 spiro atoms. The number of nitrogens with zero attached hydrogens (tertiary/aromatic N) is 5. The molecule has 3 heterocycles. The van der Waals surface area contributed by atoms with Crippen LogP contribution in [-0.4, -0.2) is 136 Å². The van der Waals surface area contributed by atoms with Gasteiger partial charge in [-0.15, -0.1) is 0 Å². The molecule has 3 rings (SSSR count). The van der Waals surface area contributed by atoms with Crippen molar-refractivity contribution in [3.63, 3.8) is 0 Å². The fraction of sp³-hybridized carbons (Fsp3) is 1.00. The molecule has 0 aromatic rings. The van der Waals surface area contributed by atoms with E-state index in [-0.39, 0.29) is 0 Å². The van der Waals surface area contributed by atoms with Crippen LogP contribution < -0.4 is 0 Å². The summed E-state index contributed by atoms with van der Waals surface area (Å²) in [6.07, 6.45) is 8.24. The zero-order valence-corrected chi connectivity index (χ0v) is 31.5. The van der Waals surface area contributed by atoms with Crippen molar-refractivity contribution in [2.24, 2.45) is 23.7 Å². The third-order valence-electron chi connectivity index (χ3n) is 8.88. The van der Waals surface area contributed by atoms with Crippen LogP contribution in [0.1, 0.15) is 108 Å². The Labute approximate surface area is 272 Å². The third-order valence-corrected chi connectivity index (χ3v) is 8.88. The summed E-state index contributed by atoms with van der Waals surface area (Å²) in [5.74, 6) is 3.41. The fourth-order valence-electron chi connectivity index (χ4n) is 5.21. The van der Waals surface area contributed by atoms with E-state index in [0.29, 0.717) is 0 Å². The molecule has 3 aliphatic rings. The first-order valence-electron chi connectivity index (χ1n) is 18.6. The molecule has 0 saturated carbocycles. The van der Waals surface area contributed by atoms with E-state index in [4.69, 9.17) is 4.74 Å². The summed E-state index contributed by atoms with van der Waals surface area (Å²) in [6.45, 7) is 42.2. The van der Waals surface area contributed by atoms with Crippen LogP contribution in [0.15, 0.2) is 0 Å². The summed E-state index contributed by atoms with van der Waals surface area (Å²) in [7, 11) is 2.21. The lowest BCUT2D eigenvalue weighted by Gasteiger charge is -2.32. The summed E-state index contributed by atoms with van der Waals surface area (Å²) in [5, 5.41) is 0. The minimum atomic E-state index is 0.831. The van der Waals surface area contributed by atoms with E-state index >= 15 is 0 Å². The van der Waals surface area contributed by atoms with Gasteiger partial charge >= 0.3 is 0 Å². The highest BCUT2D eigenvalue weighted by molar-refractivity contribution is 4.69. The second-order valence-corrected chi connectivity index (χ2v) is 14.9. The quantitative estimate of drug-likeness (QED) is 0.207. The minimum absolute atomic E-state index is 0.831. The SMILES string of the molecule is CC(C)CCN1CCCC1.CC(C)CCN1CCN(C)CC1.CC(C)CCN1CCOCC1.CCN(CC)CCC(C)C. The minimum Gasteiger partial charge on any atom is -0.379 e. The van der Waals surface area contributed by atoms with Gasteiger partial charge in [0.05, 0.1) is 13.2 Å². The predicted octanol–water partition coefficient (Wildman–Crippen LogP) is 7.15. The molecule has 0 radical (unpaired) electrons. The van der Waals surface area contributed by atoms with Gasteiger partial charge in [-0.25, -0.2) is 0 Å². The van der Waals surface area contributed by atoms with Crippen molar-refractivity contribution in [2.75, 3.05) is 112 Å². The number of piperazine rings is 1. The van der Waals surface area contributed by atoms with Crippen molar-refractivity contribution in [3.8, 4) is 0 Å². The molecular weight excluding hydrogens is 530 g/mol. The average Bonchev–Trinajstić information content (AvgIpc) is 3.51. The summed E-state index contributed by atoms with van der Waals surface area (Å²) in [4.78, 5) is 12.5. The van der Waals surface area contributed by atoms with Crippen molar-refractivity contribution < 1.29 is 4.74 Å². The summed E-state index contributed by atoms with van der Waals surface area (Å²) < 4.78 is 5.26. The van der Waals surface area contributed by atoms with Gasteiger partial charge in [0, 0.05) is 39.3 Å². The molecule has 0 unspecified atom stereocenters. The Morgan fingerprint density at radius 2 is 0.884 bits per heavy atom.